The molecule has 0 fully saturated rings. The zero-order valence-corrected chi connectivity index (χ0v) is 12.4. The number of hydrogen-bond donors (Lipinski definition) is 2. The second-order valence-electron chi connectivity index (χ2n) is 5.15. The number of rotatable bonds is 10. The van der Waals surface area contributed by atoms with Gasteiger partial charge in [-0.2, -0.15) is 0 Å². The van der Waals surface area contributed by atoms with Gasteiger partial charge >= 0.3 is 12.1 Å². The molecule has 118 valence electrons. The molecule has 0 aromatic heterocycles. The van der Waals surface area contributed by atoms with Crippen LogP contribution in [0.25, 0.3) is 0 Å². The number of alkyl carbamates (subject to hydrolysis) is 1. The maximum atomic E-state index is 11.3. The minimum Gasteiger partial charge on any atom is -0.481 e. The van der Waals surface area contributed by atoms with Crippen LogP contribution in [0.1, 0.15) is 33.6 Å². The van der Waals surface area contributed by atoms with Gasteiger partial charge in [0.25, 0.3) is 0 Å². The fraction of sp³-hybridized carbons (Fsp3) is 0.846. The minimum absolute atomic E-state index is 0.000190. The third-order valence-electron chi connectivity index (χ3n) is 1.97. The molecule has 0 aliphatic carbocycles. The summed E-state index contributed by atoms with van der Waals surface area (Å²) in [5.74, 6) is -0.876. The molecule has 0 aromatic carbocycles. The molecular formula is C13H25NO6. The van der Waals surface area contributed by atoms with Crippen molar-refractivity contribution < 1.29 is 28.9 Å². The lowest BCUT2D eigenvalue weighted by atomic mass is 10.2. The van der Waals surface area contributed by atoms with Crippen molar-refractivity contribution >= 4 is 12.1 Å². The summed E-state index contributed by atoms with van der Waals surface area (Å²) in [5, 5.41) is 11.0. The number of carboxylic acid groups (broad SMARTS) is 1. The summed E-state index contributed by atoms with van der Waals surface area (Å²) in [6.07, 6.45) is 0.239. The van der Waals surface area contributed by atoms with E-state index >= 15 is 0 Å². The highest BCUT2D eigenvalue weighted by Gasteiger charge is 2.15. The summed E-state index contributed by atoms with van der Waals surface area (Å²) < 4.78 is 15.4. The highest BCUT2D eigenvalue weighted by molar-refractivity contribution is 5.67. The molecule has 0 unspecified atom stereocenters. The molecule has 0 aliphatic rings. The van der Waals surface area contributed by atoms with E-state index in [1.165, 1.54) is 0 Å². The fourth-order valence-corrected chi connectivity index (χ4v) is 1.16. The van der Waals surface area contributed by atoms with Gasteiger partial charge in [0.1, 0.15) is 5.60 Å². The van der Waals surface area contributed by atoms with Gasteiger partial charge in [-0.15, -0.1) is 0 Å². The van der Waals surface area contributed by atoms with Gasteiger partial charge in [-0.05, 0) is 27.2 Å². The second-order valence-corrected chi connectivity index (χ2v) is 5.15. The minimum atomic E-state index is -0.876. The zero-order chi connectivity index (χ0) is 15.4. The van der Waals surface area contributed by atoms with Crippen LogP contribution in [0.2, 0.25) is 0 Å². The van der Waals surface area contributed by atoms with E-state index < -0.39 is 17.7 Å². The molecule has 7 nitrogen and oxygen atoms in total. The number of ether oxygens (including phenoxy) is 3. The topological polar surface area (TPSA) is 94.1 Å². The fourth-order valence-electron chi connectivity index (χ4n) is 1.16. The Morgan fingerprint density at radius 3 is 2.20 bits per heavy atom. The van der Waals surface area contributed by atoms with Crippen LogP contribution in [-0.2, 0) is 19.0 Å². The van der Waals surface area contributed by atoms with E-state index in [-0.39, 0.29) is 13.0 Å². The van der Waals surface area contributed by atoms with Crippen LogP contribution in [0.5, 0.6) is 0 Å². The third-order valence-corrected chi connectivity index (χ3v) is 1.97. The van der Waals surface area contributed by atoms with Gasteiger partial charge in [0, 0.05) is 13.2 Å². The largest absolute Gasteiger partial charge is 0.481 e. The highest BCUT2D eigenvalue weighted by atomic mass is 16.6. The highest BCUT2D eigenvalue weighted by Crippen LogP contribution is 2.06. The summed E-state index contributed by atoms with van der Waals surface area (Å²) in [6.45, 7) is 7.37. The Labute approximate surface area is 119 Å². The van der Waals surface area contributed by atoms with Crippen LogP contribution >= 0.6 is 0 Å². The summed E-state index contributed by atoms with van der Waals surface area (Å²) in [6, 6.07) is 0. The maximum Gasteiger partial charge on any atom is 0.407 e. The molecule has 0 heterocycles. The van der Waals surface area contributed by atoms with Gasteiger partial charge in [-0.25, -0.2) is 4.79 Å². The SMILES string of the molecule is CC(C)(C)OC(=O)NCCCOCCOCCC(=O)O. The Bertz CT molecular complexity index is 287. The van der Waals surface area contributed by atoms with E-state index in [0.29, 0.717) is 32.8 Å². The first-order chi connectivity index (χ1) is 9.31. The Hall–Kier alpha value is -1.34. The molecule has 0 saturated carbocycles. The van der Waals surface area contributed by atoms with Crippen LogP contribution in [0.15, 0.2) is 0 Å². The first kappa shape index (κ1) is 18.7. The van der Waals surface area contributed by atoms with Crippen LogP contribution < -0.4 is 5.32 Å². The molecular weight excluding hydrogens is 266 g/mol. The predicted molar refractivity (Wildman–Crippen MR) is 72.7 cm³/mol. The van der Waals surface area contributed by atoms with E-state index in [4.69, 9.17) is 19.3 Å². The van der Waals surface area contributed by atoms with Crippen LogP contribution in [0.3, 0.4) is 0 Å². The third kappa shape index (κ3) is 14.7. The lowest BCUT2D eigenvalue weighted by Gasteiger charge is -2.19. The maximum absolute atomic E-state index is 11.3. The van der Waals surface area contributed by atoms with Gasteiger partial charge < -0.3 is 24.6 Å². The van der Waals surface area contributed by atoms with E-state index in [1.807, 2.05) is 0 Å². The van der Waals surface area contributed by atoms with Crippen molar-refractivity contribution in [2.24, 2.45) is 0 Å². The number of hydrogen-bond acceptors (Lipinski definition) is 5. The van der Waals surface area contributed by atoms with E-state index in [9.17, 15) is 9.59 Å². The molecule has 20 heavy (non-hydrogen) atoms. The zero-order valence-electron chi connectivity index (χ0n) is 12.4. The summed E-state index contributed by atoms with van der Waals surface area (Å²) >= 11 is 0. The molecule has 0 bridgehead atoms. The molecule has 1 amide bonds. The van der Waals surface area contributed by atoms with Crippen molar-refractivity contribution in [2.75, 3.05) is 33.0 Å². The number of carbonyl (C=O) groups excluding carboxylic acids is 1. The van der Waals surface area contributed by atoms with Gasteiger partial charge in [-0.1, -0.05) is 0 Å². The molecule has 0 aromatic rings. The molecule has 0 saturated heterocycles. The molecule has 0 spiro atoms. The van der Waals surface area contributed by atoms with Crippen molar-refractivity contribution in [2.45, 2.75) is 39.2 Å². The Morgan fingerprint density at radius 2 is 1.65 bits per heavy atom. The molecule has 0 rings (SSSR count). The standard InChI is InChI=1S/C13H25NO6/c1-13(2,3)20-12(17)14-6-4-7-18-9-10-19-8-5-11(15)16/h4-10H2,1-3H3,(H,14,17)(H,15,16). The van der Waals surface area contributed by atoms with Crippen LogP contribution in [-0.4, -0.2) is 55.7 Å². The molecule has 0 atom stereocenters. The monoisotopic (exact) mass is 291 g/mol. The van der Waals surface area contributed by atoms with Crippen LogP contribution in [0.4, 0.5) is 4.79 Å². The number of amides is 1. The van der Waals surface area contributed by atoms with Gasteiger partial charge in [0.15, 0.2) is 0 Å². The number of carbonyl (C=O) groups is 2. The quantitative estimate of drug-likeness (QED) is 0.591. The van der Waals surface area contributed by atoms with E-state index in [1.54, 1.807) is 20.8 Å². The molecule has 2 N–H and O–H groups in total. The van der Waals surface area contributed by atoms with Crippen molar-refractivity contribution in [3.05, 3.63) is 0 Å². The number of carboxylic acids is 1. The van der Waals surface area contributed by atoms with E-state index in [2.05, 4.69) is 5.32 Å². The van der Waals surface area contributed by atoms with Crippen molar-refractivity contribution in [3.8, 4) is 0 Å². The second kappa shape index (κ2) is 10.4. The first-order valence-corrected chi connectivity index (χ1v) is 6.65. The molecule has 7 heteroatoms. The lowest BCUT2D eigenvalue weighted by molar-refractivity contribution is -0.138. The summed E-state index contributed by atoms with van der Waals surface area (Å²) in [4.78, 5) is 21.5. The first-order valence-electron chi connectivity index (χ1n) is 6.65. The predicted octanol–water partition coefficient (Wildman–Crippen LogP) is 1.41. The normalized spacial score (nSPS) is 11.2. The molecule has 0 aliphatic heterocycles. The molecule has 0 radical (unpaired) electrons. The van der Waals surface area contributed by atoms with Crippen LogP contribution in [0, 0.1) is 0 Å². The average Bonchev–Trinajstić information content (AvgIpc) is 2.28. The Morgan fingerprint density at radius 1 is 1.05 bits per heavy atom. The van der Waals surface area contributed by atoms with Gasteiger partial charge in [0.2, 0.25) is 0 Å². The van der Waals surface area contributed by atoms with Crippen molar-refractivity contribution in [1.29, 1.82) is 0 Å². The van der Waals surface area contributed by atoms with Crippen molar-refractivity contribution in [3.63, 3.8) is 0 Å². The van der Waals surface area contributed by atoms with Crippen molar-refractivity contribution in [1.82, 2.24) is 5.32 Å². The Balaban J connectivity index is 3.25. The van der Waals surface area contributed by atoms with Gasteiger partial charge in [0.05, 0.1) is 26.2 Å². The lowest BCUT2D eigenvalue weighted by Crippen LogP contribution is -2.33. The summed E-state index contributed by atoms with van der Waals surface area (Å²) in [5.41, 5.74) is -0.492. The summed E-state index contributed by atoms with van der Waals surface area (Å²) in [7, 11) is 0. The van der Waals surface area contributed by atoms with Gasteiger partial charge in [-0.3, -0.25) is 4.79 Å². The van der Waals surface area contributed by atoms with E-state index in [0.717, 1.165) is 0 Å². The smallest absolute Gasteiger partial charge is 0.407 e. The average molecular weight is 291 g/mol. The Kier molecular flexibility index (Phi) is 9.75. The number of aliphatic carboxylic acids is 1. The number of nitrogens with one attached hydrogen (secondary N) is 1.